The van der Waals surface area contributed by atoms with Crippen LogP contribution in [0, 0.1) is 0 Å². The number of amides is 1. The third-order valence-corrected chi connectivity index (χ3v) is 3.63. The Hall–Kier alpha value is -2.04. The molecule has 116 valence electrons. The van der Waals surface area contributed by atoms with Gasteiger partial charge in [-0.25, -0.2) is 0 Å². The van der Waals surface area contributed by atoms with Crippen molar-refractivity contribution in [3.8, 4) is 5.75 Å². The summed E-state index contributed by atoms with van der Waals surface area (Å²) in [7, 11) is 0. The van der Waals surface area contributed by atoms with Crippen LogP contribution in [0.15, 0.2) is 48.5 Å². The maximum absolute atomic E-state index is 12.0. The molecule has 2 aromatic rings. The molecule has 4 nitrogen and oxygen atoms in total. The minimum absolute atomic E-state index is 0.163. The zero-order chi connectivity index (χ0) is 16.1. The Morgan fingerprint density at radius 2 is 1.73 bits per heavy atom. The summed E-state index contributed by atoms with van der Waals surface area (Å²) in [6, 6.07) is 12.9. The van der Waals surface area contributed by atoms with Gasteiger partial charge >= 0.3 is 0 Å². The van der Waals surface area contributed by atoms with Crippen molar-refractivity contribution in [2.75, 3.05) is 0 Å². The van der Waals surface area contributed by atoms with Crippen molar-refractivity contribution in [2.24, 2.45) is 0 Å². The Labute approximate surface area is 134 Å². The molecule has 0 radical (unpaired) electrons. The van der Waals surface area contributed by atoms with Crippen LogP contribution in [0.1, 0.15) is 24.2 Å². The van der Waals surface area contributed by atoms with E-state index in [1.807, 2.05) is 0 Å². The largest absolute Gasteiger partial charge is 0.508 e. The number of nitrogens with one attached hydrogen (secondary N) is 1. The third-order valence-electron chi connectivity index (χ3n) is 3.37. The lowest BCUT2D eigenvalue weighted by atomic mass is 10.0. The maximum atomic E-state index is 12.0. The third kappa shape index (κ3) is 4.48. The second-order valence-corrected chi connectivity index (χ2v) is 5.63. The van der Waals surface area contributed by atoms with Crippen molar-refractivity contribution in [3.63, 3.8) is 0 Å². The molecule has 0 spiro atoms. The van der Waals surface area contributed by atoms with Crippen LogP contribution >= 0.6 is 11.6 Å². The monoisotopic (exact) mass is 319 g/mol. The van der Waals surface area contributed by atoms with E-state index >= 15 is 0 Å². The van der Waals surface area contributed by atoms with E-state index in [2.05, 4.69) is 5.32 Å². The summed E-state index contributed by atoms with van der Waals surface area (Å²) in [6.07, 6.45) is -0.612. The molecule has 2 unspecified atom stereocenters. The summed E-state index contributed by atoms with van der Waals surface area (Å²) in [5, 5.41) is 22.8. The summed E-state index contributed by atoms with van der Waals surface area (Å²) < 4.78 is 0. The van der Waals surface area contributed by atoms with Gasteiger partial charge in [0.25, 0.3) is 0 Å². The fourth-order valence-corrected chi connectivity index (χ4v) is 2.26. The molecule has 0 fully saturated rings. The first-order valence-corrected chi connectivity index (χ1v) is 7.34. The minimum Gasteiger partial charge on any atom is -0.508 e. The average Bonchev–Trinajstić information content (AvgIpc) is 2.49. The number of aromatic hydroxyl groups is 1. The number of phenols is 1. The molecule has 0 saturated carbocycles. The molecule has 3 N–H and O–H groups in total. The van der Waals surface area contributed by atoms with Crippen LogP contribution in [0.2, 0.25) is 5.02 Å². The number of halogens is 1. The number of aliphatic hydroxyl groups excluding tert-OH is 1. The summed E-state index contributed by atoms with van der Waals surface area (Å²) in [5.41, 5.74) is 1.49. The fraction of sp³-hybridized carbons (Fsp3) is 0.235. The molecule has 0 aliphatic heterocycles. The molecule has 0 heterocycles. The normalized spacial score (nSPS) is 13.4. The van der Waals surface area contributed by atoms with Gasteiger partial charge in [-0.3, -0.25) is 4.79 Å². The van der Waals surface area contributed by atoms with E-state index < -0.39 is 12.1 Å². The molecular formula is C17H18ClNO3. The average molecular weight is 320 g/mol. The summed E-state index contributed by atoms with van der Waals surface area (Å²) in [4.78, 5) is 12.0. The van der Waals surface area contributed by atoms with Gasteiger partial charge in [0.05, 0.1) is 18.6 Å². The fourth-order valence-electron chi connectivity index (χ4n) is 2.13. The smallest absolute Gasteiger partial charge is 0.224 e. The first kappa shape index (κ1) is 16.3. The summed E-state index contributed by atoms with van der Waals surface area (Å²) in [6.45, 7) is 1.74. The van der Waals surface area contributed by atoms with Crippen LogP contribution in [0.25, 0.3) is 0 Å². The van der Waals surface area contributed by atoms with Gasteiger partial charge in [0.2, 0.25) is 5.91 Å². The molecule has 0 saturated heterocycles. The molecule has 2 rings (SSSR count). The number of carbonyl (C=O) groups is 1. The number of benzene rings is 2. The van der Waals surface area contributed by atoms with E-state index in [-0.39, 0.29) is 18.1 Å². The van der Waals surface area contributed by atoms with E-state index in [9.17, 15) is 15.0 Å². The molecule has 2 aromatic carbocycles. The Balaban J connectivity index is 1.92. The first-order valence-electron chi connectivity index (χ1n) is 6.96. The number of phenolic OH excluding ortho intramolecular Hbond substituents is 1. The Morgan fingerprint density at radius 3 is 2.32 bits per heavy atom. The second-order valence-electron chi connectivity index (χ2n) is 5.20. The lowest BCUT2D eigenvalue weighted by Gasteiger charge is -2.20. The zero-order valence-electron chi connectivity index (χ0n) is 12.2. The first-order chi connectivity index (χ1) is 10.5. The van der Waals surface area contributed by atoms with Crippen LogP contribution in [0.4, 0.5) is 0 Å². The van der Waals surface area contributed by atoms with Gasteiger partial charge in [-0.15, -0.1) is 0 Å². The molecule has 0 aromatic heterocycles. The van der Waals surface area contributed by atoms with E-state index in [1.165, 1.54) is 12.1 Å². The highest BCUT2D eigenvalue weighted by atomic mass is 35.5. The summed E-state index contributed by atoms with van der Waals surface area (Å²) >= 11 is 5.81. The van der Waals surface area contributed by atoms with Gasteiger partial charge in [0, 0.05) is 5.02 Å². The standard InChI is InChI=1S/C17H18ClNO3/c1-11(17(22)13-4-6-14(18)7-5-13)19-16(21)10-12-2-8-15(20)9-3-12/h2-9,11,17,20,22H,10H2,1H3,(H,19,21). The van der Waals surface area contributed by atoms with Crippen molar-refractivity contribution in [1.82, 2.24) is 5.32 Å². The molecule has 0 aliphatic rings. The van der Waals surface area contributed by atoms with E-state index in [0.29, 0.717) is 10.6 Å². The Kier molecular flexibility index (Phi) is 5.41. The topological polar surface area (TPSA) is 69.6 Å². The zero-order valence-corrected chi connectivity index (χ0v) is 12.9. The van der Waals surface area contributed by atoms with Crippen LogP contribution in [0.5, 0.6) is 5.75 Å². The molecular weight excluding hydrogens is 302 g/mol. The van der Waals surface area contributed by atoms with E-state index in [1.54, 1.807) is 43.3 Å². The SMILES string of the molecule is CC(NC(=O)Cc1ccc(O)cc1)C(O)c1ccc(Cl)cc1. The van der Waals surface area contributed by atoms with Gasteiger partial charge < -0.3 is 15.5 Å². The molecule has 0 bridgehead atoms. The number of carbonyl (C=O) groups excluding carboxylic acids is 1. The Bertz CT molecular complexity index is 625. The van der Waals surface area contributed by atoms with Crippen LogP contribution in [-0.4, -0.2) is 22.2 Å². The molecule has 22 heavy (non-hydrogen) atoms. The minimum atomic E-state index is -0.805. The highest BCUT2D eigenvalue weighted by Gasteiger charge is 2.18. The number of aliphatic hydroxyl groups is 1. The number of hydrogen-bond donors (Lipinski definition) is 3. The van der Waals surface area contributed by atoms with Crippen molar-refractivity contribution in [2.45, 2.75) is 25.5 Å². The van der Waals surface area contributed by atoms with Crippen LogP contribution < -0.4 is 5.32 Å². The molecule has 0 aliphatic carbocycles. The quantitative estimate of drug-likeness (QED) is 0.793. The van der Waals surface area contributed by atoms with Crippen molar-refractivity contribution < 1.29 is 15.0 Å². The van der Waals surface area contributed by atoms with Crippen LogP contribution in [0.3, 0.4) is 0 Å². The van der Waals surface area contributed by atoms with Gasteiger partial charge in [-0.1, -0.05) is 35.9 Å². The van der Waals surface area contributed by atoms with Crippen molar-refractivity contribution in [3.05, 3.63) is 64.7 Å². The summed E-state index contributed by atoms with van der Waals surface area (Å²) in [5.74, 6) is -0.0260. The van der Waals surface area contributed by atoms with Gasteiger partial charge in [-0.2, -0.15) is 0 Å². The van der Waals surface area contributed by atoms with Gasteiger partial charge in [0.15, 0.2) is 0 Å². The number of rotatable bonds is 5. The van der Waals surface area contributed by atoms with Crippen molar-refractivity contribution >= 4 is 17.5 Å². The van der Waals surface area contributed by atoms with Gasteiger partial charge in [0.1, 0.15) is 5.75 Å². The van der Waals surface area contributed by atoms with Crippen molar-refractivity contribution in [1.29, 1.82) is 0 Å². The molecule has 5 heteroatoms. The Morgan fingerprint density at radius 1 is 1.14 bits per heavy atom. The number of hydrogen-bond acceptors (Lipinski definition) is 3. The van der Waals surface area contributed by atoms with Gasteiger partial charge in [-0.05, 0) is 42.3 Å². The van der Waals surface area contributed by atoms with E-state index in [0.717, 1.165) is 5.56 Å². The maximum Gasteiger partial charge on any atom is 0.224 e. The predicted octanol–water partition coefficient (Wildman–Crippen LogP) is 2.83. The van der Waals surface area contributed by atoms with E-state index in [4.69, 9.17) is 11.6 Å². The lowest BCUT2D eigenvalue weighted by molar-refractivity contribution is -0.121. The highest BCUT2D eigenvalue weighted by molar-refractivity contribution is 6.30. The second kappa shape index (κ2) is 7.29. The predicted molar refractivity (Wildman–Crippen MR) is 85.8 cm³/mol. The molecule has 2 atom stereocenters. The molecule has 1 amide bonds. The lowest BCUT2D eigenvalue weighted by Crippen LogP contribution is -2.37. The van der Waals surface area contributed by atoms with Crippen LogP contribution in [-0.2, 0) is 11.2 Å². The highest BCUT2D eigenvalue weighted by Crippen LogP contribution is 2.19.